The smallest absolute Gasteiger partial charge is 0.230 e. The molecule has 2 N–H and O–H groups in total. The Morgan fingerprint density at radius 2 is 1.02 bits per heavy atom. The number of amides is 2. The largest absolute Gasteiger partial charge is 0.325 e. The quantitative estimate of drug-likeness (QED) is 0.164. The molecule has 4 aromatic rings. The lowest BCUT2D eigenvalue weighted by Gasteiger charge is -2.28. The fourth-order valence-corrected chi connectivity index (χ4v) is 7.76. The zero-order valence-corrected chi connectivity index (χ0v) is 30.0. The molecule has 0 atom stereocenters. The molecule has 264 valence electrons. The lowest BCUT2D eigenvalue weighted by atomic mass is 9.75. The van der Waals surface area contributed by atoms with E-state index in [0.29, 0.717) is 12.3 Å². The van der Waals surface area contributed by atoms with E-state index in [1.54, 1.807) is 72.8 Å². The van der Waals surface area contributed by atoms with E-state index >= 15 is 0 Å². The number of benzene rings is 4. The summed E-state index contributed by atoms with van der Waals surface area (Å²) in [7, 11) is 0. The topological polar surface area (TPSA) is 126 Å². The summed E-state index contributed by atoms with van der Waals surface area (Å²) in [5, 5.41) is 5.94. The van der Waals surface area contributed by atoms with Crippen molar-refractivity contribution in [3.8, 4) is 11.1 Å². The maximum atomic E-state index is 14.5. The fourth-order valence-electron chi connectivity index (χ4n) is 7.76. The Morgan fingerprint density at radius 1 is 0.596 bits per heavy atom. The number of hydrogen-bond donors (Lipinski definition) is 2. The molecule has 3 aliphatic carbocycles. The summed E-state index contributed by atoms with van der Waals surface area (Å²) in [6.07, 6.45) is 5.94. The molecule has 0 saturated heterocycles. The van der Waals surface area contributed by atoms with Crippen molar-refractivity contribution in [1.29, 1.82) is 0 Å². The van der Waals surface area contributed by atoms with Gasteiger partial charge in [0.1, 0.15) is 0 Å². The average Bonchev–Trinajstić information content (AvgIpc) is 3.15. The molecule has 0 heterocycles. The first-order valence-corrected chi connectivity index (χ1v) is 18.2. The van der Waals surface area contributed by atoms with Gasteiger partial charge in [0.15, 0.2) is 23.1 Å². The highest BCUT2D eigenvalue weighted by molar-refractivity contribution is 6.35. The molecule has 52 heavy (non-hydrogen) atoms. The van der Waals surface area contributed by atoms with Gasteiger partial charge in [0.2, 0.25) is 11.8 Å². The number of carbonyl (C=O) groups excluding carboxylic acids is 6. The van der Waals surface area contributed by atoms with Gasteiger partial charge in [0.05, 0.1) is 22.5 Å². The molecule has 1 fully saturated rings. The van der Waals surface area contributed by atoms with Crippen molar-refractivity contribution in [3.05, 3.63) is 117 Å². The minimum absolute atomic E-state index is 0.0348. The molecule has 7 rings (SSSR count). The van der Waals surface area contributed by atoms with Gasteiger partial charge in [-0.05, 0) is 54.9 Å². The molecule has 3 aliphatic rings. The van der Waals surface area contributed by atoms with Gasteiger partial charge in [0, 0.05) is 44.7 Å². The molecule has 0 unspecified atom stereocenters. The highest BCUT2D eigenvalue weighted by atomic mass is 16.2. The molecule has 4 aromatic carbocycles. The van der Waals surface area contributed by atoms with E-state index < -0.39 is 28.5 Å². The summed E-state index contributed by atoms with van der Waals surface area (Å²) in [4.78, 5) is 84.7. The third-order valence-electron chi connectivity index (χ3n) is 10.9. The molecule has 1 saturated carbocycles. The van der Waals surface area contributed by atoms with Gasteiger partial charge in [-0.15, -0.1) is 0 Å². The third-order valence-corrected chi connectivity index (χ3v) is 10.9. The zero-order valence-electron chi connectivity index (χ0n) is 30.0. The van der Waals surface area contributed by atoms with Gasteiger partial charge in [-0.25, -0.2) is 0 Å². The van der Waals surface area contributed by atoms with Crippen LogP contribution in [0.15, 0.2) is 72.8 Å². The predicted molar refractivity (Wildman–Crippen MR) is 200 cm³/mol. The first kappa shape index (κ1) is 34.9. The Balaban J connectivity index is 1.41. The second-order valence-electron chi connectivity index (χ2n) is 15.3. The van der Waals surface area contributed by atoms with Crippen LogP contribution >= 0.6 is 0 Å². The molecule has 2 amide bonds. The molecular formula is C44H42N2O6. The highest BCUT2D eigenvalue weighted by Crippen LogP contribution is 2.44. The molecule has 0 bridgehead atoms. The van der Waals surface area contributed by atoms with Crippen LogP contribution in [-0.2, 0) is 9.59 Å². The van der Waals surface area contributed by atoms with Crippen molar-refractivity contribution in [1.82, 2.24) is 0 Å². The summed E-state index contributed by atoms with van der Waals surface area (Å²) in [5.74, 6) is -1.99. The van der Waals surface area contributed by atoms with Crippen LogP contribution in [0.1, 0.15) is 136 Å². The van der Waals surface area contributed by atoms with Crippen molar-refractivity contribution >= 4 is 46.3 Å². The maximum absolute atomic E-state index is 14.5. The van der Waals surface area contributed by atoms with Crippen LogP contribution in [0.4, 0.5) is 11.4 Å². The Hall–Kier alpha value is -5.50. The zero-order chi connectivity index (χ0) is 36.9. The number of rotatable bonds is 8. The summed E-state index contributed by atoms with van der Waals surface area (Å²) in [6.45, 7) is 7.90. The lowest BCUT2D eigenvalue weighted by Crippen LogP contribution is -2.33. The molecule has 8 heteroatoms. The minimum atomic E-state index is -0.757. The predicted octanol–water partition coefficient (Wildman–Crippen LogP) is 8.82. The first-order chi connectivity index (χ1) is 24.9. The Labute approximate surface area is 303 Å². The summed E-state index contributed by atoms with van der Waals surface area (Å²) in [6, 6.07) is 19.6. The number of carbonyl (C=O) groups is 6. The van der Waals surface area contributed by atoms with Crippen LogP contribution in [0.2, 0.25) is 0 Å². The highest BCUT2D eigenvalue weighted by Gasteiger charge is 2.39. The van der Waals surface area contributed by atoms with Crippen LogP contribution < -0.4 is 10.6 Å². The lowest BCUT2D eigenvalue weighted by molar-refractivity contribution is -0.124. The first-order valence-electron chi connectivity index (χ1n) is 18.2. The summed E-state index contributed by atoms with van der Waals surface area (Å²) < 4.78 is 0. The van der Waals surface area contributed by atoms with Gasteiger partial charge in [0.25, 0.3) is 0 Å². The van der Waals surface area contributed by atoms with Gasteiger partial charge >= 0.3 is 0 Å². The van der Waals surface area contributed by atoms with E-state index in [9.17, 15) is 28.8 Å². The number of fused-ring (bicyclic) bond motifs is 4. The van der Waals surface area contributed by atoms with E-state index in [-0.39, 0.29) is 84.7 Å². The molecule has 0 aromatic heterocycles. The summed E-state index contributed by atoms with van der Waals surface area (Å²) in [5.41, 5.74) is 1.29. The van der Waals surface area contributed by atoms with Crippen LogP contribution in [0, 0.1) is 17.3 Å². The standard InChI is InChI=1S/C44H42N2O6/c1-24(2)22-23-44(3,4)43(52)46-33-21-19-27(35-37(33)41(50)31-17-11-9-15-29(31)39(35)48)26-18-20-32(45-42(51)25-12-6-5-7-13-25)36-34(26)38(47)28-14-8-10-16-30(28)40(36)49/h8-11,14-21,24-25H,5-7,12-13,22-23H2,1-4H3,(H,45,51)(H,46,52). The Bertz CT molecular complexity index is 2200. The fraction of sp³-hybridized carbons (Fsp3) is 0.318. The number of ketones is 4. The van der Waals surface area contributed by atoms with E-state index in [1.165, 1.54) is 0 Å². The summed E-state index contributed by atoms with van der Waals surface area (Å²) >= 11 is 0. The van der Waals surface area contributed by atoms with Crippen molar-refractivity contribution < 1.29 is 28.8 Å². The molecule has 0 radical (unpaired) electrons. The van der Waals surface area contributed by atoms with Crippen LogP contribution in [-0.4, -0.2) is 34.9 Å². The van der Waals surface area contributed by atoms with E-state index in [0.717, 1.165) is 38.5 Å². The molecule has 0 aliphatic heterocycles. The molecular weight excluding hydrogens is 652 g/mol. The Morgan fingerprint density at radius 3 is 1.46 bits per heavy atom. The average molecular weight is 695 g/mol. The van der Waals surface area contributed by atoms with Gasteiger partial charge in [-0.3, -0.25) is 28.8 Å². The van der Waals surface area contributed by atoms with E-state index in [1.807, 2.05) is 13.8 Å². The third kappa shape index (κ3) is 6.00. The second-order valence-corrected chi connectivity index (χ2v) is 15.3. The molecule has 8 nitrogen and oxygen atoms in total. The van der Waals surface area contributed by atoms with Gasteiger partial charge in [-0.2, -0.15) is 0 Å². The van der Waals surface area contributed by atoms with Crippen molar-refractivity contribution in [3.63, 3.8) is 0 Å². The monoisotopic (exact) mass is 694 g/mol. The van der Waals surface area contributed by atoms with Crippen molar-refractivity contribution in [2.45, 2.75) is 72.6 Å². The van der Waals surface area contributed by atoms with Crippen LogP contribution in [0.5, 0.6) is 0 Å². The van der Waals surface area contributed by atoms with Crippen LogP contribution in [0.3, 0.4) is 0 Å². The normalized spacial score (nSPS) is 15.5. The van der Waals surface area contributed by atoms with Gasteiger partial charge in [-0.1, -0.05) is 108 Å². The number of anilines is 2. The SMILES string of the molecule is CC(C)CCC(C)(C)C(=O)Nc1ccc(-c2ccc(NC(=O)C3CCCCC3)c3c2C(=O)c2ccccc2C3=O)c2c1C(=O)c1ccccc1C2=O. The number of hydrogen-bond acceptors (Lipinski definition) is 6. The maximum Gasteiger partial charge on any atom is 0.230 e. The second kappa shape index (κ2) is 13.6. The van der Waals surface area contributed by atoms with Crippen molar-refractivity contribution in [2.75, 3.05) is 10.6 Å². The van der Waals surface area contributed by atoms with E-state index in [2.05, 4.69) is 24.5 Å². The van der Waals surface area contributed by atoms with Gasteiger partial charge < -0.3 is 10.6 Å². The molecule has 0 spiro atoms. The van der Waals surface area contributed by atoms with E-state index in [4.69, 9.17) is 0 Å². The Kier molecular flexibility index (Phi) is 9.11. The number of nitrogens with one attached hydrogen (secondary N) is 2. The minimum Gasteiger partial charge on any atom is -0.325 e. The van der Waals surface area contributed by atoms with Crippen molar-refractivity contribution in [2.24, 2.45) is 17.3 Å². The van der Waals surface area contributed by atoms with Crippen LogP contribution in [0.25, 0.3) is 11.1 Å².